The van der Waals surface area contributed by atoms with E-state index >= 15 is 0 Å². The molecule has 17 heavy (non-hydrogen) atoms. The smallest absolute Gasteiger partial charge is 0.118 e. The molecule has 0 unspecified atom stereocenters. The highest BCUT2D eigenvalue weighted by atomic mass is 32.1. The van der Waals surface area contributed by atoms with Gasteiger partial charge in [-0.05, 0) is 42.8 Å². The molecule has 3 nitrogen and oxygen atoms in total. The van der Waals surface area contributed by atoms with Crippen LogP contribution < -0.4 is 5.32 Å². The standard InChI is InChI=1S/C13H12N2OS/c1-9-6-10(2-5-13(9)16)15-8-12-4-3-11(7-14)17-12/h2-6,15-16H,8H2,1H3. The van der Waals surface area contributed by atoms with E-state index in [0.717, 1.165) is 21.0 Å². The molecule has 0 aliphatic heterocycles. The first-order chi connectivity index (χ1) is 8.19. The molecule has 1 aromatic heterocycles. The first-order valence-electron chi connectivity index (χ1n) is 5.21. The molecule has 0 amide bonds. The van der Waals surface area contributed by atoms with Crippen LogP contribution in [0.3, 0.4) is 0 Å². The van der Waals surface area contributed by atoms with Crippen LogP contribution in [-0.4, -0.2) is 5.11 Å². The van der Waals surface area contributed by atoms with Gasteiger partial charge in [-0.1, -0.05) is 0 Å². The van der Waals surface area contributed by atoms with E-state index in [2.05, 4.69) is 11.4 Å². The van der Waals surface area contributed by atoms with Crippen LogP contribution >= 0.6 is 11.3 Å². The summed E-state index contributed by atoms with van der Waals surface area (Å²) in [6.07, 6.45) is 0. The minimum Gasteiger partial charge on any atom is -0.508 e. The van der Waals surface area contributed by atoms with Gasteiger partial charge in [-0.25, -0.2) is 0 Å². The van der Waals surface area contributed by atoms with Gasteiger partial charge < -0.3 is 10.4 Å². The predicted octanol–water partition coefficient (Wildman–Crippen LogP) is 3.25. The van der Waals surface area contributed by atoms with Gasteiger partial charge in [0.15, 0.2) is 0 Å². The Morgan fingerprint density at radius 2 is 2.18 bits per heavy atom. The number of hydrogen-bond acceptors (Lipinski definition) is 4. The molecular formula is C13H12N2OS. The number of aromatic hydroxyl groups is 1. The zero-order valence-electron chi connectivity index (χ0n) is 9.40. The minimum atomic E-state index is 0.304. The normalized spacial score (nSPS) is 9.88. The Balaban J connectivity index is 2.02. The third kappa shape index (κ3) is 2.77. The number of rotatable bonds is 3. The van der Waals surface area contributed by atoms with Crippen LogP contribution in [-0.2, 0) is 6.54 Å². The number of nitrogens with zero attached hydrogens (tertiary/aromatic N) is 1. The summed E-state index contributed by atoms with van der Waals surface area (Å²) in [5, 5.41) is 21.4. The number of phenolic OH excluding ortho intramolecular Hbond substituents is 1. The van der Waals surface area contributed by atoms with Crippen LogP contribution in [0.5, 0.6) is 5.75 Å². The zero-order chi connectivity index (χ0) is 12.3. The number of benzene rings is 1. The summed E-state index contributed by atoms with van der Waals surface area (Å²) in [7, 11) is 0. The summed E-state index contributed by atoms with van der Waals surface area (Å²) in [6.45, 7) is 2.55. The van der Waals surface area contributed by atoms with Gasteiger partial charge in [0.05, 0.1) is 0 Å². The predicted molar refractivity (Wildman–Crippen MR) is 69.2 cm³/mol. The lowest BCUT2D eigenvalue weighted by atomic mass is 10.2. The largest absolute Gasteiger partial charge is 0.508 e. The quantitative estimate of drug-likeness (QED) is 0.815. The molecule has 1 aromatic carbocycles. The second kappa shape index (κ2) is 4.89. The number of anilines is 1. The topological polar surface area (TPSA) is 56.0 Å². The number of nitrogens with one attached hydrogen (secondary N) is 1. The van der Waals surface area contributed by atoms with Gasteiger partial charge in [-0.15, -0.1) is 11.3 Å². The molecule has 0 saturated heterocycles. The van der Waals surface area contributed by atoms with E-state index in [9.17, 15) is 5.11 Å². The van der Waals surface area contributed by atoms with Gasteiger partial charge in [-0.2, -0.15) is 5.26 Å². The van der Waals surface area contributed by atoms with Crippen molar-refractivity contribution in [2.75, 3.05) is 5.32 Å². The third-order valence-corrected chi connectivity index (χ3v) is 3.43. The lowest BCUT2D eigenvalue weighted by molar-refractivity contribution is 0.471. The summed E-state index contributed by atoms with van der Waals surface area (Å²) in [5.41, 5.74) is 1.81. The molecular weight excluding hydrogens is 232 g/mol. The van der Waals surface area contributed by atoms with Crippen molar-refractivity contribution in [2.24, 2.45) is 0 Å². The number of nitriles is 1. The SMILES string of the molecule is Cc1cc(NCc2ccc(C#N)s2)ccc1O. The van der Waals surface area contributed by atoms with E-state index < -0.39 is 0 Å². The van der Waals surface area contributed by atoms with E-state index in [-0.39, 0.29) is 0 Å². The molecule has 0 spiro atoms. The fourth-order valence-corrected chi connectivity index (χ4v) is 2.23. The maximum absolute atomic E-state index is 9.40. The molecule has 1 heterocycles. The molecule has 0 saturated carbocycles. The maximum Gasteiger partial charge on any atom is 0.118 e. The van der Waals surface area contributed by atoms with Crippen LogP contribution in [0.2, 0.25) is 0 Å². The first-order valence-corrected chi connectivity index (χ1v) is 6.03. The van der Waals surface area contributed by atoms with Crippen molar-refractivity contribution in [3.05, 3.63) is 45.6 Å². The zero-order valence-corrected chi connectivity index (χ0v) is 10.2. The van der Waals surface area contributed by atoms with Crippen molar-refractivity contribution in [1.29, 1.82) is 5.26 Å². The Bertz CT molecular complexity index is 569. The van der Waals surface area contributed by atoms with E-state index in [1.165, 1.54) is 11.3 Å². The van der Waals surface area contributed by atoms with Crippen LogP contribution in [0, 0.1) is 18.3 Å². The highest BCUT2D eigenvalue weighted by molar-refractivity contribution is 7.12. The van der Waals surface area contributed by atoms with Crippen molar-refractivity contribution in [3.63, 3.8) is 0 Å². The first kappa shape index (κ1) is 11.5. The molecule has 2 aromatic rings. The average Bonchev–Trinajstić information content (AvgIpc) is 2.79. The lowest BCUT2D eigenvalue weighted by Crippen LogP contribution is -1.97. The van der Waals surface area contributed by atoms with Gasteiger partial charge in [0.2, 0.25) is 0 Å². The van der Waals surface area contributed by atoms with Crippen LogP contribution in [0.1, 0.15) is 15.3 Å². The molecule has 0 aliphatic carbocycles. The number of thiophene rings is 1. The lowest BCUT2D eigenvalue weighted by Gasteiger charge is -2.06. The van der Waals surface area contributed by atoms with Gasteiger partial charge in [-0.3, -0.25) is 0 Å². The van der Waals surface area contributed by atoms with E-state index in [0.29, 0.717) is 12.3 Å². The van der Waals surface area contributed by atoms with Crippen molar-refractivity contribution in [3.8, 4) is 11.8 Å². The highest BCUT2D eigenvalue weighted by Gasteiger charge is 2.01. The molecule has 0 atom stereocenters. The maximum atomic E-state index is 9.40. The van der Waals surface area contributed by atoms with Crippen molar-refractivity contribution < 1.29 is 5.11 Å². The molecule has 2 rings (SSSR count). The second-order valence-corrected chi connectivity index (χ2v) is 4.90. The third-order valence-electron chi connectivity index (χ3n) is 2.44. The number of phenols is 1. The van der Waals surface area contributed by atoms with Crippen molar-refractivity contribution in [1.82, 2.24) is 0 Å². The van der Waals surface area contributed by atoms with Crippen molar-refractivity contribution in [2.45, 2.75) is 13.5 Å². The van der Waals surface area contributed by atoms with E-state index in [1.54, 1.807) is 6.07 Å². The fraction of sp³-hybridized carbons (Fsp3) is 0.154. The van der Waals surface area contributed by atoms with Crippen LogP contribution in [0.15, 0.2) is 30.3 Å². The summed E-state index contributed by atoms with van der Waals surface area (Å²) >= 11 is 1.49. The summed E-state index contributed by atoms with van der Waals surface area (Å²) in [4.78, 5) is 1.84. The molecule has 4 heteroatoms. The fourth-order valence-electron chi connectivity index (χ4n) is 1.49. The van der Waals surface area contributed by atoms with Gasteiger partial charge in [0.1, 0.15) is 16.7 Å². The monoisotopic (exact) mass is 244 g/mol. The molecule has 86 valence electrons. The summed E-state index contributed by atoms with van der Waals surface area (Å²) in [6, 6.07) is 11.3. The highest BCUT2D eigenvalue weighted by Crippen LogP contribution is 2.22. The second-order valence-electron chi connectivity index (χ2n) is 3.73. The van der Waals surface area contributed by atoms with E-state index in [4.69, 9.17) is 5.26 Å². The van der Waals surface area contributed by atoms with Crippen LogP contribution in [0.25, 0.3) is 0 Å². The average molecular weight is 244 g/mol. The van der Waals surface area contributed by atoms with E-state index in [1.807, 2.05) is 31.2 Å². The Labute approximate surface area is 104 Å². The van der Waals surface area contributed by atoms with Gasteiger partial charge >= 0.3 is 0 Å². The Morgan fingerprint density at radius 1 is 1.35 bits per heavy atom. The number of aryl methyl sites for hydroxylation is 1. The number of hydrogen-bond donors (Lipinski definition) is 2. The molecule has 0 radical (unpaired) electrons. The summed E-state index contributed by atoms with van der Waals surface area (Å²) in [5.74, 6) is 0.304. The molecule has 2 N–H and O–H groups in total. The van der Waals surface area contributed by atoms with Gasteiger partial charge in [0.25, 0.3) is 0 Å². The van der Waals surface area contributed by atoms with Gasteiger partial charge in [0, 0.05) is 17.1 Å². The van der Waals surface area contributed by atoms with Crippen molar-refractivity contribution >= 4 is 17.0 Å². The van der Waals surface area contributed by atoms with Crippen LogP contribution in [0.4, 0.5) is 5.69 Å². The Morgan fingerprint density at radius 3 is 2.82 bits per heavy atom. The molecule has 0 fully saturated rings. The molecule has 0 bridgehead atoms. The molecule has 0 aliphatic rings. The Hall–Kier alpha value is -1.99. The summed E-state index contributed by atoms with van der Waals surface area (Å²) < 4.78 is 0. The Kier molecular flexibility index (Phi) is 3.31. The minimum absolute atomic E-state index is 0.304.